The molecule has 1 aromatic heterocycles. The van der Waals surface area contributed by atoms with Gasteiger partial charge in [0.25, 0.3) is 5.91 Å². The summed E-state index contributed by atoms with van der Waals surface area (Å²) in [5.41, 5.74) is -1.27. The molecule has 1 aromatic rings. The standard InChI is InChI=1S/C10H13N3O4/c1-6-3-12-7(4-11-6)8(14)13-5-10(2,17)9(15)16/h3-4,17H,5H2,1-2H3,(H,13,14)(H,15,16). The number of aromatic nitrogens is 2. The van der Waals surface area contributed by atoms with Crippen molar-refractivity contribution < 1.29 is 19.8 Å². The fraction of sp³-hybridized carbons (Fsp3) is 0.400. The van der Waals surface area contributed by atoms with Crippen molar-refractivity contribution in [1.82, 2.24) is 15.3 Å². The third kappa shape index (κ3) is 3.49. The Hall–Kier alpha value is -2.02. The highest BCUT2D eigenvalue weighted by Gasteiger charge is 2.30. The monoisotopic (exact) mass is 239 g/mol. The van der Waals surface area contributed by atoms with Crippen LogP contribution < -0.4 is 5.32 Å². The lowest BCUT2D eigenvalue weighted by atomic mass is 10.1. The quantitative estimate of drug-likeness (QED) is 0.643. The van der Waals surface area contributed by atoms with E-state index in [1.165, 1.54) is 12.4 Å². The number of carbonyl (C=O) groups excluding carboxylic acids is 1. The van der Waals surface area contributed by atoms with Gasteiger partial charge in [-0.05, 0) is 13.8 Å². The summed E-state index contributed by atoms with van der Waals surface area (Å²) in [5.74, 6) is -1.99. The Morgan fingerprint density at radius 2 is 2.06 bits per heavy atom. The van der Waals surface area contributed by atoms with E-state index in [4.69, 9.17) is 5.11 Å². The third-order valence-electron chi connectivity index (χ3n) is 2.07. The van der Waals surface area contributed by atoms with Crippen molar-refractivity contribution in [2.75, 3.05) is 6.54 Å². The molecular formula is C10H13N3O4. The minimum Gasteiger partial charge on any atom is -0.479 e. The van der Waals surface area contributed by atoms with E-state index in [1.807, 2.05) is 0 Å². The summed E-state index contributed by atoms with van der Waals surface area (Å²) < 4.78 is 0. The van der Waals surface area contributed by atoms with Gasteiger partial charge in [-0.15, -0.1) is 0 Å². The van der Waals surface area contributed by atoms with Crippen molar-refractivity contribution >= 4 is 11.9 Å². The number of nitrogens with one attached hydrogen (secondary N) is 1. The van der Waals surface area contributed by atoms with Gasteiger partial charge < -0.3 is 15.5 Å². The minimum absolute atomic E-state index is 0.0665. The Labute approximate surface area is 97.5 Å². The molecule has 0 aromatic carbocycles. The smallest absolute Gasteiger partial charge is 0.337 e. The summed E-state index contributed by atoms with van der Waals surface area (Å²) in [5, 5.41) is 20.3. The first-order valence-corrected chi connectivity index (χ1v) is 4.85. The second kappa shape index (κ2) is 4.88. The molecule has 0 saturated carbocycles. The van der Waals surface area contributed by atoms with Crippen LogP contribution in [0.1, 0.15) is 23.1 Å². The molecule has 3 N–H and O–H groups in total. The van der Waals surface area contributed by atoms with E-state index in [1.54, 1.807) is 6.92 Å². The first kappa shape index (κ1) is 13.0. The van der Waals surface area contributed by atoms with Gasteiger partial charge >= 0.3 is 5.97 Å². The van der Waals surface area contributed by atoms with Crippen LogP contribution in [0.4, 0.5) is 0 Å². The highest BCUT2D eigenvalue weighted by molar-refractivity contribution is 5.92. The number of hydrogen-bond donors (Lipinski definition) is 3. The Kier molecular flexibility index (Phi) is 3.74. The van der Waals surface area contributed by atoms with Crippen LogP contribution in [0.2, 0.25) is 0 Å². The van der Waals surface area contributed by atoms with Crippen molar-refractivity contribution in [3.05, 3.63) is 23.8 Å². The van der Waals surface area contributed by atoms with Gasteiger partial charge in [0.15, 0.2) is 5.60 Å². The fourth-order valence-electron chi connectivity index (χ4n) is 0.928. The first-order chi connectivity index (χ1) is 7.83. The molecule has 1 amide bonds. The molecule has 1 heterocycles. The number of nitrogens with zero attached hydrogens (tertiary/aromatic N) is 2. The van der Waals surface area contributed by atoms with E-state index < -0.39 is 24.0 Å². The van der Waals surface area contributed by atoms with Gasteiger partial charge in [0, 0.05) is 6.20 Å². The van der Waals surface area contributed by atoms with E-state index in [-0.39, 0.29) is 5.69 Å². The van der Waals surface area contributed by atoms with Crippen molar-refractivity contribution in [3.8, 4) is 0 Å². The molecule has 0 aliphatic rings. The van der Waals surface area contributed by atoms with Crippen molar-refractivity contribution in [3.63, 3.8) is 0 Å². The second-order valence-corrected chi connectivity index (χ2v) is 3.80. The predicted octanol–water partition coefficient (Wildman–Crippen LogP) is -0.650. The Morgan fingerprint density at radius 1 is 1.41 bits per heavy atom. The maximum atomic E-state index is 11.5. The van der Waals surface area contributed by atoms with Gasteiger partial charge in [-0.1, -0.05) is 0 Å². The number of rotatable bonds is 4. The van der Waals surface area contributed by atoms with E-state index in [0.29, 0.717) is 5.69 Å². The topological polar surface area (TPSA) is 112 Å². The summed E-state index contributed by atoms with van der Waals surface area (Å²) in [4.78, 5) is 29.8. The number of aryl methyl sites for hydroxylation is 1. The van der Waals surface area contributed by atoms with Gasteiger partial charge in [-0.2, -0.15) is 0 Å². The molecule has 0 bridgehead atoms. The van der Waals surface area contributed by atoms with Crippen molar-refractivity contribution in [1.29, 1.82) is 0 Å². The van der Waals surface area contributed by atoms with Crippen LogP contribution in [0, 0.1) is 6.92 Å². The predicted molar refractivity (Wildman–Crippen MR) is 57.4 cm³/mol. The maximum Gasteiger partial charge on any atom is 0.337 e. The molecule has 92 valence electrons. The summed E-state index contributed by atoms with van der Waals surface area (Å²) in [7, 11) is 0. The van der Waals surface area contributed by atoms with Gasteiger partial charge in [-0.25, -0.2) is 9.78 Å². The van der Waals surface area contributed by atoms with E-state index in [0.717, 1.165) is 6.92 Å². The van der Waals surface area contributed by atoms with Crippen LogP contribution in [-0.2, 0) is 4.79 Å². The molecule has 0 saturated heterocycles. The Morgan fingerprint density at radius 3 is 2.53 bits per heavy atom. The molecule has 0 spiro atoms. The Balaban J connectivity index is 2.62. The van der Waals surface area contributed by atoms with Gasteiger partial charge in [0.2, 0.25) is 0 Å². The maximum absolute atomic E-state index is 11.5. The average molecular weight is 239 g/mol. The molecule has 0 fully saturated rings. The summed E-state index contributed by atoms with van der Waals surface area (Å²) >= 11 is 0. The Bertz CT molecular complexity index is 428. The molecule has 1 unspecified atom stereocenters. The third-order valence-corrected chi connectivity index (χ3v) is 2.07. The van der Waals surface area contributed by atoms with Crippen LogP contribution in [0.5, 0.6) is 0 Å². The molecular weight excluding hydrogens is 226 g/mol. The summed E-state index contributed by atoms with van der Waals surface area (Å²) in [6, 6.07) is 0. The summed E-state index contributed by atoms with van der Waals surface area (Å²) in [6.07, 6.45) is 2.70. The highest BCUT2D eigenvalue weighted by Crippen LogP contribution is 2.01. The number of carbonyl (C=O) groups is 2. The molecule has 0 radical (unpaired) electrons. The summed E-state index contributed by atoms with van der Waals surface area (Å²) in [6.45, 7) is 2.41. The van der Waals surface area contributed by atoms with Crippen molar-refractivity contribution in [2.45, 2.75) is 19.4 Å². The average Bonchev–Trinajstić information content (AvgIpc) is 2.27. The molecule has 0 aliphatic carbocycles. The molecule has 0 aliphatic heterocycles. The number of aliphatic carboxylic acids is 1. The minimum atomic E-state index is -2.01. The van der Waals surface area contributed by atoms with Crippen LogP contribution in [-0.4, -0.2) is 44.2 Å². The van der Waals surface area contributed by atoms with Gasteiger partial charge in [0.05, 0.1) is 18.4 Å². The van der Waals surface area contributed by atoms with Gasteiger partial charge in [-0.3, -0.25) is 9.78 Å². The number of amides is 1. The SMILES string of the molecule is Cc1cnc(C(=O)NCC(C)(O)C(=O)O)cn1. The number of carboxylic acid groups (broad SMARTS) is 1. The molecule has 7 nitrogen and oxygen atoms in total. The zero-order valence-electron chi connectivity index (χ0n) is 9.47. The normalized spacial score (nSPS) is 13.8. The second-order valence-electron chi connectivity index (χ2n) is 3.80. The zero-order chi connectivity index (χ0) is 13.1. The van der Waals surface area contributed by atoms with Crippen LogP contribution in [0.15, 0.2) is 12.4 Å². The van der Waals surface area contributed by atoms with Gasteiger partial charge in [0.1, 0.15) is 5.69 Å². The number of carboxylic acids is 1. The van der Waals surface area contributed by atoms with Crippen LogP contribution >= 0.6 is 0 Å². The molecule has 17 heavy (non-hydrogen) atoms. The molecule has 7 heteroatoms. The highest BCUT2D eigenvalue weighted by atomic mass is 16.4. The zero-order valence-corrected chi connectivity index (χ0v) is 9.47. The molecule has 1 atom stereocenters. The van der Waals surface area contributed by atoms with E-state index in [2.05, 4.69) is 15.3 Å². The fourth-order valence-corrected chi connectivity index (χ4v) is 0.928. The first-order valence-electron chi connectivity index (χ1n) is 4.85. The lowest BCUT2D eigenvalue weighted by Crippen LogP contribution is -2.46. The molecule has 1 rings (SSSR count). The lowest BCUT2D eigenvalue weighted by molar-refractivity contribution is -0.155. The number of aliphatic hydroxyl groups is 1. The van der Waals surface area contributed by atoms with Crippen LogP contribution in [0.3, 0.4) is 0 Å². The van der Waals surface area contributed by atoms with E-state index >= 15 is 0 Å². The largest absolute Gasteiger partial charge is 0.479 e. The lowest BCUT2D eigenvalue weighted by Gasteiger charge is -2.17. The van der Waals surface area contributed by atoms with Crippen molar-refractivity contribution in [2.24, 2.45) is 0 Å². The number of hydrogen-bond acceptors (Lipinski definition) is 5. The van der Waals surface area contributed by atoms with E-state index in [9.17, 15) is 14.7 Å². The van der Waals surface area contributed by atoms with Crippen LogP contribution in [0.25, 0.3) is 0 Å².